The van der Waals surface area contributed by atoms with Crippen molar-refractivity contribution < 1.29 is 0 Å². The van der Waals surface area contributed by atoms with Crippen LogP contribution in [0.4, 0.5) is 5.82 Å². The first-order valence-corrected chi connectivity index (χ1v) is 5.85. The van der Waals surface area contributed by atoms with Crippen LogP contribution in [0.5, 0.6) is 0 Å². The zero-order valence-electron chi connectivity index (χ0n) is 9.53. The summed E-state index contributed by atoms with van der Waals surface area (Å²) < 4.78 is 1.73. The molecule has 2 N–H and O–H groups in total. The zero-order valence-corrected chi connectivity index (χ0v) is 9.53. The number of fused-ring (bicyclic) bond motifs is 1. The van der Waals surface area contributed by atoms with Crippen LogP contribution in [0.2, 0.25) is 0 Å². The van der Waals surface area contributed by atoms with E-state index in [2.05, 4.69) is 25.4 Å². The van der Waals surface area contributed by atoms with E-state index in [9.17, 15) is 0 Å². The first-order chi connectivity index (χ1) is 8.38. The lowest BCUT2D eigenvalue weighted by atomic mass is 9.97. The molecule has 1 saturated heterocycles. The van der Waals surface area contributed by atoms with Crippen LogP contribution in [0.1, 0.15) is 12.8 Å². The molecule has 7 heteroatoms. The molecule has 2 aromatic rings. The molecule has 0 aromatic carbocycles. The van der Waals surface area contributed by atoms with Gasteiger partial charge < -0.3 is 10.6 Å². The van der Waals surface area contributed by atoms with Crippen molar-refractivity contribution in [3.05, 3.63) is 12.4 Å². The summed E-state index contributed by atoms with van der Waals surface area (Å²) in [6.07, 6.45) is 5.71. The number of anilines is 1. The predicted octanol–water partition coefficient (Wildman–Crippen LogP) is -0.306. The summed E-state index contributed by atoms with van der Waals surface area (Å²) in [7, 11) is 0. The minimum atomic E-state index is 0.646. The Morgan fingerprint density at radius 1 is 1.29 bits per heavy atom. The lowest BCUT2D eigenvalue weighted by Crippen LogP contribution is -2.37. The molecule has 0 atom stereocenters. The molecular formula is C10H15N7. The van der Waals surface area contributed by atoms with E-state index in [-0.39, 0.29) is 0 Å². The molecule has 7 nitrogen and oxygen atoms in total. The second-order valence-electron chi connectivity index (χ2n) is 4.38. The van der Waals surface area contributed by atoms with Gasteiger partial charge in [-0.3, -0.25) is 4.98 Å². The number of rotatable bonds is 2. The van der Waals surface area contributed by atoms with Crippen molar-refractivity contribution in [3.63, 3.8) is 0 Å². The van der Waals surface area contributed by atoms with E-state index in [4.69, 9.17) is 5.73 Å². The maximum atomic E-state index is 5.69. The van der Waals surface area contributed by atoms with Gasteiger partial charge in [-0.05, 0) is 35.7 Å². The molecule has 1 aliphatic rings. The molecule has 0 saturated carbocycles. The molecule has 1 aliphatic heterocycles. The smallest absolute Gasteiger partial charge is 0.199 e. The Hall–Kier alpha value is -1.76. The van der Waals surface area contributed by atoms with Crippen molar-refractivity contribution in [2.45, 2.75) is 12.8 Å². The fourth-order valence-electron chi connectivity index (χ4n) is 2.28. The Balaban J connectivity index is 1.87. The number of aromatic nitrogens is 5. The second-order valence-corrected chi connectivity index (χ2v) is 4.38. The predicted molar refractivity (Wildman–Crippen MR) is 62.6 cm³/mol. The highest BCUT2D eigenvalue weighted by molar-refractivity contribution is 5.46. The second kappa shape index (κ2) is 4.25. The zero-order chi connectivity index (χ0) is 11.7. The van der Waals surface area contributed by atoms with Crippen molar-refractivity contribution in [1.82, 2.24) is 25.0 Å². The van der Waals surface area contributed by atoms with Crippen molar-refractivity contribution in [2.75, 3.05) is 24.5 Å². The van der Waals surface area contributed by atoms with Crippen molar-refractivity contribution in [2.24, 2.45) is 11.7 Å². The Labute approximate surface area is 98.6 Å². The minimum absolute atomic E-state index is 0.646. The Bertz CT molecular complexity index is 500. The summed E-state index contributed by atoms with van der Waals surface area (Å²) in [4.78, 5) is 6.44. The van der Waals surface area contributed by atoms with Crippen molar-refractivity contribution in [1.29, 1.82) is 0 Å². The van der Waals surface area contributed by atoms with Gasteiger partial charge in [-0.1, -0.05) is 0 Å². The summed E-state index contributed by atoms with van der Waals surface area (Å²) in [6.45, 7) is 2.76. The van der Waals surface area contributed by atoms with Gasteiger partial charge in [-0.25, -0.2) is 0 Å². The van der Waals surface area contributed by atoms with Crippen LogP contribution in [-0.4, -0.2) is 44.7 Å². The highest BCUT2D eigenvalue weighted by atomic mass is 15.5. The monoisotopic (exact) mass is 233 g/mol. The largest absolute Gasteiger partial charge is 0.355 e. The van der Waals surface area contributed by atoms with Crippen LogP contribution < -0.4 is 10.6 Å². The first kappa shape index (κ1) is 10.4. The summed E-state index contributed by atoms with van der Waals surface area (Å²) in [5.74, 6) is 1.61. The van der Waals surface area contributed by atoms with Gasteiger partial charge >= 0.3 is 0 Å². The van der Waals surface area contributed by atoms with Crippen LogP contribution in [-0.2, 0) is 0 Å². The van der Waals surface area contributed by atoms with Crippen LogP contribution in [0, 0.1) is 5.92 Å². The number of nitrogens with zero attached hydrogens (tertiary/aromatic N) is 6. The molecule has 90 valence electrons. The molecule has 0 amide bonds. The average Bonchev–Trinajstić information content (AvgIpc) is 2.87. The van der Waals surface area contributed by atoms with Gasteiger partial charge in [0.25, 0.3) is 0 Å². The number of nitrogens with two attached hydrogens (primary N) is 1. The molecule has 0 bridgehead atoms. The van der Waals surface area contributed by atoms with Gasteiger partial charge in [0.05, 0.1) is 12.4 Å². The first-order valence-electron chi connectivity index (χ1n) is 5.85. The fourth-order valence-corrected chi connectivity index (χ4v) is 2.28. The number of hydrogen-bond donors (Lipinski definition) is 1. The lowest BCUT2D eigenvalue weighted by molar-refractivity contribution is 0.411. The van der Waals surface area contributed by atoms with Crippen molar-refractivity contribution in [3.8, 4) is 0 Å². The van der Waals surface area contributed by atoms with Gasteiger partial charge in [0, 0.05) is 13.1 Å². The molecule has 2 aromatic heterocycles. The van der Waals surface area contributed by atoms with Crippen LogP contribution in [0.3, 0.4) is 0 Å². The third-order valence-electron chi connectivity index (χ3n) is 3.36. The molecule has 17 heavy (non-hydrogen) atoms. The van der Waals surface area contributed by atoms with Gasteiger partial charge in [0.15, 0.2) is 11.5 Å². The third-order valence-corrected chi connectivity index (χ3v) is 3.36. The SMILES string of the molecule is NCC1CCN(c2cncc3nnnn23)CC1. The normalized spacial score (nSPS) is 17.8. The number of piperidine rings is 1. The van der Waals surface area contributed by atoms with Gasteiger partial charge in [-0.2, -0.15) is 4.52 Å². The summed E-state index contributed by atoms with van der Waals surface area (Å²) >= 11 is 0. The summed E-state index contributed by atoms with van der Waals surface area (Å²) in [5.41, 5.74) is 6.38. The summed E-state index contributed by atoms with van der Waals surface area (Å²) in [6, 6.07) is 0. The van der Waals surface area contributed by atoms with E-state index in [0.717, 1.165) is 38.3 Å². The standard InChI is InChI=1S/C10H15N7/c11-5-8-1-3-16(4-2-8)10-7-12-6-9-13-14-15-17(9)10/h6-8H,1-5,11H2. The fraction of sp³-hybridized carbons (Fsp3) is 0.600. The molecule has 1 fully saturated rings. The maximum absolute atomic E-state index is 5.69. The molecule has 0 radical (unpaired) electrons. The molecule has 3 heterocycles. The molecule has 0 unspecified atom stereocenters. The van der Waals surface area contributed by atoms with Crippen LogP contribution in [0.15, 0.2) is 12.4 Å². The Kier molecular flexibility index (Phi) is 2.60. The average molecular weight is 233 g/mol. The quantitative estimate of drug-likeness (QED) is 0.766. The third kappa shape index (κ3) is 1.82. The Morgan fingerprint density at radius 3 is 2.88 bits per heavy atom. The molecular weight excluding hydrogens is 218 g/mol. The molecule has 3 rings (SSSR count). The van der Waals surface area contributed by atoms with Gasteiger partial charge in [0.2, 0.25) is 0 Å². The highest BCUT2D eigenvalue weighted by Crippen LogP contribution is 2.21. The lowest BCUT2D eigenvalue weighted by Gasteiger charge is -2.32. The van der Waals surface area contributed by atoms with Gasteiger partial charge in [0.1, 0.15) is 0 Å². The topological polar surface area (TPSA) is 85.2 Å². The maximum Gasteiger partial charge on any atom is 0.199 e. The van der Waals surface area contributed by atoms with Crippen LogP contribution >= 0.6 is 0 Å². The minimum Gasteiger partial charge on any atom is -0.355 e. The van der Waals surface area contributed by atoms with E-state index in [1.165, 1.54) is 0 Å². The molecule has 0 aliphatic carbocycles. The summed E-state index contributed by atoms with van der Waals surface area (Å²) in [5, 5.41) is 11.5. The molecule has 0 spiro atoms. The Morgan fingerprint density at radius 2 is 2.12 bits per heavy atom. The number of hydrogen-bond acceptors (Lipinski definition) is 6. The van der Waals surface area contributed by atoms with Crippen LogP contribution in [0.25, 0.3) is 5.65 Å². The van der Waals surface area contributed by atoms with E-state index in [1.54, 1.807) is 10.7 Å². The number of tetrazole rings is 1. The highest BCUT2D eigenvalue weighted by Gasteiger charge is 2.20. The van der Waals surface area contributed by atoms with E-state index < -0.39 is 0 Å². The van der Waals surface area contributed by atoms with E-state index in [0.29, 0.717) is 11.6 Å². The van der Waals surface area contributed by atoms with E-state index in [1.807, 2.05) is 6.20 Å². The van der Waals surface area contributed by atoms with Gasteiger partial charge in [-0.15, -0.1) is 5.10 Å². The van der Waals surface area contributed by atoms with Crippen molar-refractivity contribution >= 4 is 11.5 Å². The van der Waals surface area contributed by atoms with E-state index >= 15 is 0 Å².